The van der Waals surface area contributed by atoms with Gasteiger partial charge in [-0.15, -0.1) is 0 Å². The van der Waals surface area contributed by atoms with Gasteiger partial charge in [0.1, 0.15) is 0 Å². The van der Waals surface area contributed by atoms with Crippen LogP contribution in [0.15, 0.2) is 0 Å². The maximum absolute atomic E-state index is 12.3. The van der Waals surface area contributed by atoms with E-state index in [4.69, 9.17) is 5.73 Å². The topological polar surface area (TPSA) is 66.6 Å². The molecule has 1 heterocycles. The van der Waals surface area contributed by atoms with Gasteiger partial charge in [-0.1, -0.05) is 26.2 Å². The van der Waals surface area contributed by atoms with Crippen molar-refractivity contribution in [3.05, 3.63) is 0 Å². The summed E-state index contributed by atoms with van der Waals surface area (Å²) >= 11 is 0. The molecule has 0 bridgehead atoms. The maximum atomic E-state index is 12.3. The van der Waals surface area contributed by atoms with Gasteiger partial charge in [-0.25, -0.2) is 0 Å². The Morgan fingerprint density at radius 3 is 2.95 bits per heavy atom. The van der Waals surface area contributed by atoms with Gasteiger partial charge in [0.15, 0.2) is 0 Å². The molecule has 2 rings (SSSR count). The lowest BCUT2D eigenvalue weighted by Crippen LogP contribution is -2.54. The average Bonchev–Trinajstić information content (AvgIpc) is 2.43. The molecule has 110 valence electrons. The second-order valence-corrected chi connectivity index (χ2v) is 6.35. The van der Waals surface area contributed by atoms with Crippen molar-refractivity contribution < 1.29 is 9.90 Å². The van der Waals surface area contributed by atoms with Gasteiger partial charge in [0, 0.05) is 25.4 Å². The Morgan fingerprint density at radius 2 is 2.26 bits per heavy atom. The van der Waals surface area contributed by atoms with Crippen molar-refractivity contribution in [2.24, 2.45) is 17.6 Å². The Morgan fingerprint density at radius 1 is 1.47 bits per heavy atom. The first-order chi connectivity index (χ1) is 9.09. The van der Waals surface area contributed by atoms with Crippen LogP contribution in [0.25, 0.3) is 0 Å². The minimum atomic E-state index is -0.493. The molecule has 19 heavy (non-hydrogen) atoms. The number of rotatable bonds is 4. The highest BCUT2D eigenvalue weighted by Gasteiger charge is 2.43. The Hall–Kier alpha value is -0.610. The third-order valence-corrected chi connectivity index (χ3v) is 5.15. The number of carbonyl (C=O) groups is 1. The van der Waals surface area contributed by atoms with Crippen LogP contribution in [0.1, 0.15) is 51.9 Å². The maximum Gasteiger partial charge on any atom is 0.222 e. The standard InChI is InChI=1S/C15H28N2O2/c1-2-12(10-16)9-14(18)17-8-7-15(19)6-4-3-5-13(15)11-17/h12-13,19H,2-11,16H2,1H3. The van der Waals surface area contributed by atoms with Crippen molar-refractivity contribution in [3.8, 4) is 0 Å². The largest absolute Gasteiger partial charge is 0.389 e. The number of hydrogen-bond acceptors (Lipinski definition) is 3. The number of hydrogen-bond donors (Lipinski definition) is 2. The molecule has 1 amide bonds. The zero-order valence-electron chi connectivity index (χ0n) is 12.1. The molecule has 0 radical (unpaired) electrons. The van der Waals surface area contributed by atoms with Crippen molar-refractivity contribution in [2.45, 2.75) is 57.5 Å². The van der Waals surface area contributed by atoms with E-state index in [1.165, 1.54) is 6.42 Å². The Bertz CT molecular complexity index is 317. The van der Waals surface area contributed by atoms with E-state index in [1.54, 1.807) is 0 Å². The highest BCUT2D eigenvalue weighted by atomic mass is 16.3. The molecule has 1 saturated heterocycles. The number of piperidine rings is 1. The van der Waals surface area contributed by atoms with Crippen LogP contribution >= 0.6 is 0 Å². The number of likely N-dealkylation sites (tertiary alicyclic amines) is 1. The summed E-state index contributed by atoms with van der Waals surface area (Å²) in [6, 6.07) is 0. The van der Waals surface area contributed by atoms with Crippen molar-refractivity contribution in [1.29, 1.82) is 0 Å². The Kier molecular flexibility index (Phi) is 4.85. The lowest BCUT2D eigenvalue weighted by molar-refractivity contribution is -0.144. The molecule has 2 aliphatic rings. The zero-order chi connectivity index (χ0) is 13.9. The van der Waals surface area contributed by atoms with Crippen LogP contribution < -0.4 is 5.73 Å². The minimum absolute atomic E-state index is 0.227. The summed E-state index contributed by atoms with van der Waals surface area (Å²) in [6.07, 6.45) is 6.58. The van der Waals surface area contributed by atoms with Gasteiger partial charge in [-0.3, -0.25) is 4.79 Å². The van der Waals surface area contributed by atoms with Gasteiger partial charge < -0.3 is 15.7 Å². The van der Waals surface area contributed by atoms with Crippen LogP contribution in [0.3, 0.4) is 0 Å². The second-order valence-electron chi connectivity index (χ2n) is 6.35. The molecule has 3 atom stereocenters. The number of nitrogens with zero attached hydrogens (tertiary/aromatic N) is 1. The van der Waals surface area contributed by atoms with Gasteiger partial charge in [0.2, 0.25) is 5.91 Å². The van der Waals surface area contributed by atoms with Crippen LogP contribution in [0.4, 0.5) is 0 Å². The third-order valence-electron chi connectivity index (χ3n) is 5.15. The lowest BCUT2D eigenvalue weighted by Gasteiger charge is -2.47. The molecule has 1 saturated carbocycles. The van der Waals surface area contributed by atoms with E-state index >= 15 is 0 Å². The molecule has 3 unspecified atom stereocenters. The van der Waals surface area contributed by atoms with Crippen molar-refractivity contribution in [1.82, 2.24) is 4.90 Å². The fourth-order valence-corrected chi connectivity index (χ4v) is 3.57. The van der Waals surface area contributed by atoms with Gasteiger partial charge in [0.25, 0.3) is 0 Å². The summed E-state index contributed by atoms with van der Waals surface area (Å²) in [4.78, 5) is 14.3. The molecule has 2 fully saturated rings. The summed E-state index contributed by atoms with van der Waals surface area (Å²) in [5.74, 6) is 0.821. The van der Waals surface area contributed by atoms with Gasteiger partial charge in [-0.2, -0.15) is 0 Å². The predicted molar refractivity (Wildman–Crippen MR) is 75.6 cm³/mol. The molecule has 0 aromatic carbocycles. The summed E-state index contributed by atoms with van der Waals surface area (Å²) in [5.41, 5.74) is 5.18. The highest BCUT2D eigenvalue weighted by molar-refractivity contribution is 5.76. The van der Waals surface area contributed by atoms with Crippen molar-refractivity contribution in [3.63, 3.8) is 0 Å². The predicted octanol–water partition coefficient (Wildman–Crippen LogP) is 1.51. The van der Waals surface area contributed by atoms with E-state index in [0.29, 0.717) is 25.4 Å². The Balaban J connectivity index is 1.91. The molecular formula is C15H28N2O2. The molecule has 4 heteroatoms. The zero-order valence-corrected chi connectivity index (χ0v) is 12.1. The van der Waals surface area contributed by atoms with Gasteiger partial charge in [0.05, 0.1) is 5.60 Å². The fraction of sp³-hybridized carbons (Fsp3) is 0.933. The van der Waals surface area contributed by atoms with Gasteiger partial charge >= 0.3 is 0 Å². The molecule has 0 spiro atoms. The minimum Gasteiger partial charge on any atom is -0.389 e. The summed E-state index contributed by atoms with van der Waals surface area (Å²) in [7, 11) is 0. The van der Waals surface area contributed by atoms with E-state index in [-0.39, 0.29) is 11.8 Å². The van der Waals surface area contributed by atoms with E-state index in [0.717, 1.165) is 38.6 Å². The van der Waals surface area contributed by atoms with Crippen LogP contribution in [0.2, 0.25) is 0 Å². The first-order valence-electron chi connectivity index (χ1n) is 7.79. The van der Waals surface area contributed by atoms with Crippen LogP contribution in [-0.2, 0) is 4.79 Å². The monoisotopic (exact) mass is 268 g/mol. The molecule has 4 nitrogen and oxygen atoms in total. The quantitative estimate of drug-likeness (QED) is 0.812. The molecule has 0 aromatic rings. The van der Waals surface area contributed by atoms with E-state index in [1.807, 2.05) is 4.90 Å². The van der Waals surface area contributed by atoms with E-state index in [2.05, 4.69) is 6.92 Å². The molecular weight excluding hydrogens is 240 g/mol. The number of aliphatic hydroxyl groups is 1. The van der Waals surface area contributed by atoms with Crippen LogP contribution in [0.5, 0.6) is 0 Å². The summed E-state index contributed by atoms with van der Waals surface area (Å²) in [5, 5.41) is 10.6. The Labute approximate surface area is 116 Å². The summed E-state index contributed by atoms with van der Waals surface area (Å²) < 4.78 is 0. The van der Waals surface area contributed by atoms with Crippen molar-refractivity contribution in [2.75, 3.05) is 19.6 Å². The SMILES string of the molecule is CCC(CN)CC(=O)N1CCC2(O)CCCCC2C1. The normalized spacial score (nSPS) is 32.8. The molecule has 1 aliphatic carbocycles. The number of carbonyl (C=O) groups excluding carboxylic acids is 1. The molecule has 3 N–H and O–H groups in total. The third kappa shape index (κ3) is 3.29. The number of amides is 1. The second kappa shape index (κ2) is 6.23. The van der Waals surface area contributed by atoms with Crippen molar-refractivity contribution >= 4 is 5.91 Å². The van der Waals surface area contributed by atoms with Gasteiger partial charge in [-0.05, 0) is 31.7 Å². The molecule has 1 aliphatic heterocycles. The highest BCUT2D eigenvalue weighted by Crippen LogP contribution is 2.39. The molecule has 0 aromatic heterocycles. The average molecular weight is 268 g/mol. The van der Waals surface area contributed by atoms with E-state index in [9.17, 15) is 9.90 Å². The first-order valence-corrected chi connectivity index (χ1v) is 7.79. The number of nitrogens with two attached hydrogens (primary N) is 1. The first kappa shape index (κ1) is 14.8. The lowest BCUT2D eigenvalue weighted by atomic mass is 9.71. The van der Waals surface area contributed by atoms with Crippen LogP contribution in [-0.4, -0.2) is 41.1 Å². The summed E-state index contributed by atoms with van der Waals surface area (Å²) in [6.45, 7) is 4.13. The van der Waals surface area contributed by atoms with Crippen LogP contribution in [0, 0.1) is 11.8 Å². The smallest absolute Gasteiger partial charge is 0.222 e. The van der Waals surface area contributed by atoms with E-state index < -0.39 is 5.60 Å². The number of fused-ring (bicyclic) bond motifs is 1. The fourth-order valence-electron chi connectivity index (χ4n) is 3.57.